The number of carbonyl (C=O) groups excluding carboxylic acids is 2. The van der Waals surface area contributed by atoms with Crippen LogP contribution in [0.3, 0.4) is 0 Å². The molecule has 0 saturated carbocycles. The van der Waals surface area contributed by atoms with Gasteiger partial charge < -0.3 is 15.0 Å². The predicted molar refractivity (Wildman–Crippen MR) is 176 cm³/mol. The Balaban J connectivity index is 0.991. The highest BCUT2D eigenvalue weighted by Gasteiger charge is 2.29. The molecule has 10 nitrogen and oxygen atoms in total. The number of halogens is 1. The number of anilines is 1. The van der Waals surface area contributed by atoms with Gasteiger partial charge in [-0.1, -0.05) is 36.4 Å². The molecule has 0 spiro atoms. The van der Waals surface area contributed by atoms with E-state index < -0.39 is 0 Å². The van der Waals surface area contributed by atoms with E-state index in [2.05, 4.69) is 72.8 Å². The summed E-state index contributed by atoms with van der Waals surface area (Å²) in [6.07, 6.45) is 5.63. The van der Waals surface area contributed by atoms with E-state index >= 15 is 0 Å². The molecule has 0 radical (unpaired) electrons. The van der Waals surface area contributed by atoms with Crippen molar-refractivity contribution in [3.8, 4) is 5.75 Å². The molecule has 2 amide bonds. The fourth-order valence-corrected chi connectivity index (χ4v) is 7.32. The van der Waals surface area contributed by atoms with Gasteiger partial charge in [0.05, 0.1) is 17.8 Å². The summed E-state index contributed by atoms with van der Waals surface area (Å²) in [7, 11) is 3.80. The first-order valence-electron chi connectivity index (χ1n) is 15.8. The van der Waals surface area contributed by atoms with Gasteiger partial charge in [-0.2, -0.15) is 5.10 Å². The van der Waals surface area contributed by atoms with E-state index in [1.807, 2.05) is 24.3 Å². The average molecular weight is 678 g/mol. The molecule has 1 unspecified atom stereocenters. The number of aryl methyl sites for hydroxylation is 1. The number of benzene rings is 2. The monoisotopic (exact) mass is 676 g/mol. The Morgan fingerprint density at radius 3 is 2.53 bits per heavy atom. The summed E-state index contributed by atoms with van der Waals surface area (Å²) in [5, 5.41) is 10.2. The van der Waals surface area contributed by atoms with Crippen LogP contribution in [0.15, 0.2) is 64.0 Å². The number of rotatable bonds is 8. The topological polar surface area (TPSA) is 109 Å². The van der Waals surface area contributed by atoms with Crippen molar-refractivity contribution in [1.29, 1.82) is 0 Å². The first kappa shape index (κ1) is 31.4. The number of carbonyl (C=O) groups is 2. The third-order valence-corrected chi connectivity index (χ3v) is 10.0. The molecule has 3 aliphatic rings. The smallest absolute Gasteiger partial charge is 0.282 e. The first-order valence-corrected chi connectivity index (χ1v) is 16.6. The third kappa shape index (κ3) is 7.65. The summed E-state index contributed by atoms with van der Waals surface area (Å²) in [5.41, 5.74) is 4.14. The van der Waals surface area contributed by atoms with Gasteiger partial charge in [0.2, 0.25) is 11.8 Å². The fourth-order valence-electron chi connectivity index (χ4n) is 6.84. The molecule has 3 aliphatic heterocycles. The molecular weight excluding hydrogens is 636 g/mol. The van der Waals surface area contributed by atoms with Crippen LogP contribution in [-0.2, 0) is 23.2 Å². The molecule has 45 heavy (non-hydrogen) atoms. The minimum absolute atomic E-state index is 0.140. The second-order valence-corrected chi connectivity index (χ2v) is 13.5. The molecule has 2 N–H and O–H groups in total. The van der Waals surface area contributed by atoms with Gasteiger partial charge in [0.15, 0.2) is 0 Å². The van der Waals surface area contributed by atoms with Crippen LogP contribution >= 0.6 is 15.9 Å². The van der Waals surface area contributed by atoms with Gasteiger partial charge >= 0.3 is 0 Å². The molecule has 3 fully saturated rings. The Labute approximate surface area is 272 Å². The molecule has 3 atom stereocenters. The number of likely N-dealkylation sites (tertiary alicyclic amines) is 2. The van der Waals surface area contributed by atoms with Gasteiger partial charge in [-0.15, -0.1) is 0 Å². The van der Waals surface area contributed by atoms with E-state index in [4.69, 9.17) is 4.74 Å². The van der Waals surface area contributed by atoms with Gasteiger partial charge in [0.25, 0.3) is 5.56 Å². The van der Waals surface area contributed by atoms with E-state index in [0.717, 1.165) is 69.0 Å². The second-order valence-electron chi connectivity index (χ2n) is 12.7. The number of hydrogen-bond donors (Lipinski definition) is 2. The van der Waals surface area contributed by atoms with E-state index in [0.29, 0.717) is 23.2 Å². The quantitative estimate of drug-likeness (QED) is 0.345. The highest BCUT2D eigenvalue weighted by molar-refractivity contribution is 9.10. The molecule has 238 valence electrons. The zero-order valence-electron chi connectivity index (χ0n) is 25.9. The average Bonchev–Trinajstić information content (AvgIpc) is 3.02. The molecule has 0 aliphatic carbocycles. The number of ether oxygens (including phenoxy) is 1. The van der Waals surface area contributed by atoms with Crippen molar-refractivity contribution in [3.63, 3.8) is 0 Å². The number of aromatic nitrogens is 2. The summed E-state index contributed by atoms with van der Waals surface area (Å²) in [4.78, 5) is 41.0. The third-order valence-electron chi connectivity index (χ3n) is 9.27. The van der Waals surface area contributed by atoms with Crippen LogP contribution in [-0.4, -0.2) is 76.8 Å². The highest BCUT2D eigenvalue weighted by atomic mass is 79.9. The molecule has 6 rings (SSSR count). The van der Waals surface area contributed by atoms with Gasteiger partial charge in [-0.3, -0.25) is 24.6 Å². The molecule has 3 saturated heterocycles. The summed E-state index contributed by atoms with van der Waals surface area (Å²) < 4.78 is 8.19. The first-order chi connectivity index (χ1) is 21.7. The summed E-state index contributed by atoms with van der Waals surface area (Å²) in [6, 6.07) is 17.1. The van der Waals surface area contributed by atoms with Crippen molar-refractivity contribution in [2.24, 2.45) is 7.05 Å². The number of piperidine rings is 3. The maximum atomic E-state index is 12.3. The van der Waals surface area contributed by atoms with E-state index in [9.17, 15) is 14.4 Å². The van der Waals surface area contributed by atoms with E-state index in [1.54, 1.807) is 13.2 Å². The molecular formula is C34H41BrN6O4. The Morgan fingerprint density at radius 1 is 1.00 bits per heavy atom. The Morgan fingerprint density at radius 2 is 1.78 bits per heavy atom. The predicted octanol–water partition coefficient (Wildman–Crippen LogP) is 4.01. The van der Waals surface area contributed by atoms with Crippen LogP contribution in [0.4, 0.5) is 5.69 Å². The lowest BCUT2D eigenvalue weighted by molar-refractivity contribution is -0.134. The largest absolute Gasteiger partial charge is 0.490 e. The lowest BCUT2D eigenvalue weighted by Gasteiger charge is -2.37. The van der Waals surface area contributed by atoms with E-state index in [-0.39, 0.29) is 35.4 Å². The van der Waals surface area contributed by atoms with Gasteiger partial charge in [0, 0.05) is 52.2 Å². The molecule has 2 aromatic carbocycles. The van der Waals surface area contributed by atoms with Crippen LogP contribution in [0.25, 0.3) is 0 Å². The maximum absolute atomic E-state index is 12.3. The summed E-state index contributed by atoms with van der Waals surface area (Å²) in [5.74, 6) is 0.462. The van der Waals surface area contributed by atoms with Crippen molar-refractivity contribution in [2.45, 2.75) is 62.6 Å². The number of nitrogens with one attached hydrogen (secondary N) is 2. The second kappa shape index (κ2) is 13.8. The van der Waals surface area contributed by atoms with Crippen molar-refractivity contribution in [1.82, 2.24) is 24.9 Å². The SMILES string of the molecule is CN1C[C@H](Nc2cnn(C)c(=O)c2Br)C[C@H](c2ccc(CN3CCC(Oc4cccc(C5CCC(=O)NC5=O)c4)CC3)cc2)C1. The highest BCUT2D eigenvalue weighted by Crippen LogP contribution is 2.31. The van der Waals surface area contributed by atoms with Gasteiger partial charge in [-0.25, -0.2) is 4.68 Å². The van der Waals surface area contributed by atoms with Crippen molar-refractivity contribution >= 4 is 33.4 Å². The molecule has 3 aromatic rings. The van der Waals surface area contributed by atoms with E-state index in [1.165, 1.54) is 15.8 Å². The van der Waals surface area contributed by atoms with Crippen LogP contribution in [0, 0.1) is 0 Å². The Kier molecular flexibility index (Phi) is 9.67. The van der Waals surface area contributed by atoms with Gasteiger partial charge in [-0.05, 0) is 83.4 Å². The maximum Gasteiger partial charge on any atom is 0.282 e. The summed E-state index contributed by atoms with van der Waals surface area (Å²) in [6.45, 7) is 4.75. The fraction of sp³-hybridized carbons (Fsp3) is 0.471. The Hall–Kier alpha value is -3.54. The van der Waals surface area contributed by atoms with Crippen LogP contribution in [0.2, 0.25) is 0 Å². The number of amides is 2. The van der Waals surface area contributed by atoms with Gasteiger partial charge in [0.1, 0.15) is 16.3 Å². The minimum Gasteiger partial charge on any atom is -0.490 e. The van der Waals surface area contributed by atoms with Crippen molar-refractivity contribution in [2.75, 3.05) is 38.5 Å². The zero-order valence-corrected chi connectivity index (χ0v) is 27.5. The van der Waals surface area contributed by atoms with Crippen molar-refractivity contribution < 1.29 is 14.3 Å². The number of likely N-dealkylation sites (N-methyl/N-ethyl adjacent to an activating group) is 1. The standard InChI is InChI=1S/C34H41BrN6O4/c1-39-20-25(16-26(21-39)37-30-18-36-40(2)34(44)32(30)35)23-8-6-22(7-9-23)19-41-14-12-27(13-15-41)45-28-5-3-4-24(17-28)29-10-11-31(42)38-33(29)43/h3-9,17-18,25-27,29,37H,10-16,19-21H2,1-2H3,(H,38,42,43)/t25-,26+,29?/m0/s1. The molecule has 11 heteroatoms. The minimum atomic E-state index is -0.303. The normalized spacial score (nSPS) is 23.5. The molecule has 1 aromatic heterocycles. The number of nitrogens with zero attached hydrogens (tertiary/aromatic N) is 4. The lowest BCUT2D eigenvalue weighted by Crippen LogP contribution is -2.43. The van der Waals surface area contributed by atoms with Crippen LogP contribution < -0.4 is 20.9 Å². The van der Waals surface area contributed by atoms with Crippen LogP contribution in [0.1, 0.15) is 60.6 Å². The van der Waals surface area contributed by atoms with Crippen LogP contribution in [0.5, 0.6) is 5.75 Å². The summed E-state index contributed by atoms with van der Waals surface area (Å²) >= 11 is 3.44. The van der Waals surface area contributed by atoms with Crippen molar-refractivity contribution in [3.05, 3.63) is 86.2 Å². The number of imide groups is 1. The number of hydrogen-bond acceptors (Lipinski definition) is 8. The molecule has 0 bridgehead atoms. The Bertz CT molecular complexity index is 1590. The molecule has 4 heterocycles. The zero-order chi connectivity index (χ0) is 31.5. The lowest BCUT2D eigenvalue weighted by atomic mass is 9.87.